The van der Waals surface area contributed by atoms with Crippen LogP contribution in [-0.4, -0.2) is 11.0 Å². The smallest absolute Gasteiger partial charge is 0.292 e. The van der Waals surface area contributed by atoms with Gasteiger partial charge in [-0.1, -0.05) is 41.1 Å². The van der Waals surface area contributed by atoms with Crippen LogP contribution >= 0.6 is 0 Å². The van der Waals surface area contributed by atoms with Crippen molar-refractivity contribution in [2.75, 3.05) is 5.32 Å². The molecule has 0 spiro atoms. The highest BCUT2D eigenvalue weighted by atomic mass is 127. The summed E-state index contributed by atoms with van der Waals surface area (Å²) in [5, 5.41) is 9.30. The Morgan fingerprint density at radius 3 is 2.55 bits per heavy atom. The molecule has 1 aromatic heterocycles. The van der Waals surface area contributed by atoms with Gasteiger partial charge >= 0.3 is 0 Å². The molecule has 112 valence electrons. The fourth-order valence-corrected chi connectivity index (χ4v) is 2.21. The minimum Gasteiger partial charge on any atom is -1.00 e. The predicted octanol–water partition coefficient (Wildman–Crippen LogP) is -0.527. The third-order valence-electron chi connectivity index (χ3n) is 3.35. The monoisotopic (exact) mass is 405 g/mol. The van der Waals surface area contributed by atoms with E-state index in [0.717, 1.165) is 22.0 Å². The van der Waals surface area contributed by atoms with Gasteiger partial charge in [0.1, 0.15) is 6.20 Å². The molecule has 3 rings (SSSR count). The van der Waals surface area contributed by atoms with Gasteiger partial charge in [-0.15, -0.1) is 0 Å². The maximum Gasteiger partial charge on any atom is 0.292 e. The SMILES string of the molecule is Cc1ccccc1NC(=O)C[n+]1cc2ccccc2cn1.[I-]. The van der Waals surface area contributed by atoms with Crippen LogP contribution in [0.25, 0.3) is 10.8 Å². The van der Waals surface area contributed by atoms with E-state index < -0.39 is 0 Å². The Hall–Kier alpha value is -2.02. The van der Waals surface area contributed by atoms with Crippen molar-refractivity contribution in [2.45, 2.75) is 13.5 Å². The van der Waals surface area contributed by atoms with E-state index in [1.165, 1.54) is 0 Å². The molecule has 3 aromatic rings. The van der Waals surface area contributed by atoms with Gasteiger partial charge in [-0.05, 0) is 29.7 Å². The second-order valence-electron chi connectivity index (χ2n) is 4.96. The van der Waals surface area contributed by atoms with Crippen molar-refractivity contribution in [3.63, 3.8) is 0 Å². The highest BCUT2D eigenvalue weighted by molar-refractivity contribution is 5.90. The fraction of sp³-hybridized carbons (Fsp3) is 0.118. The maximum atomic E-state index is 12.1. The van der Waals surface area contributed by atoms with Gasteiger partial charge in [0.15, 0.2) is 0 Å². The van der Waals surface area contributed by atoms with Crippen LogP contribution in [0.15, 0.2) is 60.9 Å². The largest absolute Gasteiger partial charge is 1.00 e. The highest BCUT2D eigenvalue weighted by Gasteiger charge is 2.12. The zero-order valence-electron chi connectivity index (χ0n) is 12.2. The molecule has 0 radical (unpaired) electrons. The summed E-state index contributed by atoms with van der Waals surface area (Å²) in [6.45, 7) is 2.16. The van der Waals surface area contributed by atoms with Gasteiger partial charge in [0.05, 0.1) is 0 Å². The van der Waals surface area contributed by atoms with Crippen molar-refractivity contribution in [1.29, 1.82) is 0 Å². The Bertz CT molecular complexity index is 805. The van der Waals surface area contributed by atoms with Crippen LogP contribution in [-0.2, 0) is 11.3 Å². The molecule has 4 nitrogen and oxygen atoms in total. The lowest BCUT2D eigenvalue weighted by Gasteiger charge is -2.05. The van der Waals surface area contributed by atoms with E-state index in [1.807, 2.05) is 61.7 Å². The zero-order chi connectivity index (χ0) is 14.7. The van der Waals surface area contributed by atoms with Gasteiger partial charge in [-0.3, -0.25) is 4.79 Å². The minimum absolute atomic E-state index is 0. The average molecular weight is 405 g/mol. The quantitative estimate of drug-likeness (QED) is 0.471. The molecule has 0 atom stereocenters. The van der Waals surface area contributed by atoms with Crippen LogP contribution in [0.1, 0.15) is 5.56 Å². The van der Waals surface area contributed by atoms with Gasteiger partial charge in [0.25, 0.3) is 12.5 Å². The molecule has 0 aliphatic rings. The first-order valence-corrected chi connectivity index (χ1v) is 6.82. The normalized spacial score (nSPS) is 10.0. The van der Waals surface area contributed by atoms with Crippen molar-refractivity contribution in [1.82, 2.24) is 5.10 Å². The number of nitrogens with zero attached hydrogens (tertiary/aromatic N) is 2. The number of benzene rings is 2. The first-order valence-electron chi connectivity index (χ1n) is 6.82. The van der Waals surface area contributed by atoms with Crippen molar-refractivity contribution in [3.05, 3.63) is 66.5 Å². The van der Waals surface area contributed by atoms with Gasteiger partial charge in [-0.2, -0.15) is 0 Å². The topological polar surface area (TPSA) is 45.9 Å². The number of aryl methyl sites for hydroxylation is 1. The Balaban J connectivity index is 0.00000176. The number of rotatable bonds is 3. The first kappa shape index (κ1) is 16.4. The van der Waals surface area contributed by atoms with Crippen LogP contribution in [0.2, 0.25) is 0 Å². The summed E-state index contributed by atoms with van der Waals surface area (Å²) in [5.41, 5.74) is 1.88. The van der Waals surface area contributed by atoms with Gasteiger partial charge in [0, 0.05) is 16.5 Å². The van der Waals surface area contributed by atoms with Crippen LogP contribution in [0.4, 0.5) is 5.69 Å². The molecule has 0 aliphatic heterocycles. The number of amides is 1. The van der Waals surface area contributed by atoms with Crippen LogP contribution < -0.4 is 34.0 Å². The van der Waals surface area contributed by atoms with E-state index in [0.29, 0.717) is 0 Å². The zero-order valence-corrected chi connectivity index (χ0v) is 14.3. The Labute approximate surface area is 146 Å². The molecule has 0 fully saturated rings. The number of carbonyl (C=O) groups excluding carboxylic acids is 1. The minimum atomic E-state index is -0.0860. The number of carbonyl (C=O) groups is 1. The number of anilines is 1. The standard InChI is InChI=1S/C17H15N3O.HI/c1-13-6-2-5-9-16(13)19-17(21)12-20-11-15-8-4-3-7-14(15)10-18-20;/h2-11H,12H2,1H3;1H. The van der Waals surface area contributed by atoms with E-state index in [1.54, 1.807) is 10.9 Å². The number of para-hydroxylation sites is 1. The van der Waals surface area contributed by atoms with Crippen LogP contribution in [0.5, 0.6) is 0 Å². The van der Waals surface area contributed by atoms with Gasteiger partial charge < -0.3 is 29.3 Å². The lowest BCUT2D eigenvalue weighted by molar-refractivity contribution is -0.740. The molecule has 0 bridgehead atoms. The third kappa shape index (κ3) is 3.79. The number of hydrogen-bond acceptors (Lipinski definition) is 2. The van der Waals surface area contributed by atoms with Crippen molar-refractivity contribution in [3.8, 4) is 0 Å². The molecule has 1 amide bonds. The molecule has 0 aliphatic carbocycles. The predicted molar refractivity (Wildman–Crippen MR) is 81.7 cm³/mol. The molecular formula is C17H16IN3O. The second-order valence-corrected chi connectivity index (χ2v) is 4.96. The lowest BCUT2D eigenvalue weighted by atomic mass is 10.2. The Morgan fingerprint density at radius 1 is 1.09 bits per heavy atom. The molecule has 0 unspecified atom stereocenters. The average Bonchev–Trinajstić information content (AvgIpc) is 2.49. The number of halogens is 1. The molecule has 1 heterocycles. The maximum absolute atomic E-state index is 12.1. The van der Waals surface area contributed by atoms with E-state index in [4.69, 9.17) is 0 Å². The summed E-state index contributed by atoms with van der Waals surface area (Å²) in [4.78, 5) is 12.1. The summed E-state index contributed by atoms with van der Waals surface area (Å²) in [7, 11) is 0. The van der Waals surface area contributed by atoms with E-state index in [2.05, 4.69) is 10.4 Å². The molecule has 0 saturated heterocycles. The molecular weight excluding hydrogens is 389 g/mol. The van der Waals surface area contributed by atoms with Crippen molar-refractivity contribution in [2.24, 2.45) is 0 Å². The lowest BCUT2D eigenvalue weighted by Crippen LogP contribution is -3.00. The number of hydrogen-bond donors (Lipinski definition) is 1. The first-order chi connectivity index (χ1) is 10.2. The summed E-state index contributed by atoms with van der Waals surface area (Å²) < 4.78 is 1.65. The summed E-state index contributed by atoms with van der Waals surface area (Å²) in [6.07, 6.45) is 3.66. The summed E-state index contributed by atoms with van der Waals surface area (Å²) >= 11 is 0. The van der Waals surface area contributed by atoms with Crippen LogP contribution in [0.3, 0.4) is 0 Å². The van der Waals surface area contributed by atoms with Crippen LogP contribution in [0, 0.1) is 6.92 Å². The molecule has 5 heteroatoms. The Kier molecular flexibility index (Phi) is 5.43. The second kappa shape index (κ2) is 7.31. The highest BCUT2D eigenvalue weighted by Crippen LogP contribution is 2.13. The molecule has 0 saturated carbocycles. The molecule has 2 aromatic carbocycles. The number of nitrogens with one attached hydrogen (secondary N) is 1. The third-order valence-corrected chi connectivity index (χ3v) is 3.35. The molecule has 22 heavy (non-hydrogen) atoms. The number of fused-ring (bicyclic) bond motifs is 1. The van der Waals surface area contributed by atoms with E-state index in [9.17, 15) is 4.79 Å². The van der Waals surface area contributed by atoms with E-state index in [-0.39, 0.29) is 36.4 Å². The Morgan fingerprint density at radius 2 is 1.77 bits per heavy atom. The van der Waals surface area contributed by atoms with Crippen molar-refractivity contribution >= 4 is 22.4 Å². The number of aromatic nitrogens is 2. The fourth-order valence-electron chi connectivity index (χ4n) is 2.21. The van der Waals surface area contributed by atoms with Crippen molar-refractivity contribution < 1.29 is 33.5 Å². The molecule has 1 N–H and O–H groups in total. The van der Waals surface area contributed by atoms with E-state index >= 15 is 0 Å². The summed E-state index contributed by atoms with van der Waals surface area (Å²) in [5.74, 6) is -0.0860. The van der Waals surface area contributed by atoms with Gasteiger partial charge in [0.2, 0.25) is 6.20 Å². The summed E-state index contributed by atoms with van der Waals surface area (Å²) in [6, 6.07) is 15.7. The van der Waals surface area contributed by atoms with Gasteiger partial charge in [-0.25, -0.2) is 0 Å².